The second-order valence-electron chi connectivity index (χ2n) is 7.74. The fraction of sp³-hybridized carbons (Fsp3) is 0.800. The Morgan fingerprint density at radius 2 is 1.88 bits per heavy atom. The molecule has 1 N–H and O–H groups in total. The van der Waals surface area contributed by atoms with E-state index in [0.717, 1.165) is 18.4 Å². The van der Waals surface area contributed by atoms with E-state index in [0.29, 0.717) is 0 Å². The lowest BCUT2D eigenvalue weighted by Gasteiger charge is -2.37. The summed E-state index contributed by atoms with van der Waals surface area (Å²) in [6.45, 7) is 13.7. The Labute approximate surface area is 146 Å². The SMILES string of the molecule is CC[C@@H](C)[C@H](O)[C@@H](C)C(=O)[C@@H](C)/C=C(\C)C[C@@H](C)[C@H]1OC(=O)[C@@H]1C. The maximum Gasteiger partial charge on any atom is 0.312 e. The molecule has 1 saturated heterocycles. The van der Waals surface area contributed by atoms with Gasteiger partial charge in [0, 0.05) is 11.8 Å². The van der Waals surface area contributed by atoms with Crippen molar-refractivity contribution in [3.05, 3.63) is 11.6 Å². The molecule has 0 unspecified atom stereocenters. The van der Waals surface area contributed by atoms with Gasteiger partial charge < -0.3 is 9.84 Å². The summed E-state index contributed by atoms with van der Waals surface area (Å²) in [7, 11) is 0. The average molecular weight is 338 g/mol. The molecule has 0 spiro atoms. The number of ether oxygens (including phenoxy) is 1. The molecule has 0 bridgehead atoms. The van der Waals surface area contributed by atoms with Crippen molar-refractivity contribution in [1.82, 2.24) is 0 Å². The van der Waals surface area contributed by atoms with Crippen LogP contribution in [-0.2, 0) is 14.3 Å². The van der Waals surface area contributed by atoms with Crippen molar-refractivity contribution in [2.45, 2.75) is 73.5 Å². The molecule has 0 aromatic carbocycles. The first kappa shape index (κ1) is 20.9. The van der Waals surface area contributed by atoms with Crippen molar-refractivity contribution in [1.29, 1.82) is 0 Å². The molecule has 0 aromatic heterocycles. The van der Waals surface area contributed by atoms with Crippen LogP contribution in [0.4, 0.5) is 0 Å². The van der Waals surface area contributed by atoms with Crippen LogP contribution in [0, 0.1) is 29.6 Å². The first-order valence-electron chi connectivity index (χ1n) is 9.19. The van der Waals surface area contributed by atoms with Crippen molar-refractivity contribution >= 4 is 11.8 Å². The number of Topliss-reactive ketones (excluding diaryl/α,β-unsaturated/α-hetero) is 1. The Morgan fingerprint density at radius 1 is 1.29 bits per heavy atom. The van der Waals surface area contributed by atoms with Gasteiger partial charge in [-0.15, -0.1) is 0 Å². The van der Waals surface area contributed by atoms with Crippen LogP contribution in [0.15, 0.2) is 11.6 Å². The van der Waals surface area contributed by atoms with E-state index < -0.39 is 6.10 Å². The van der Waals surface area contributed by atoms with Crippen LogP contribution < -0.4 is 0 Å². The summed E-state index contributed by atoms with van der Waals surface area (Å²) in [5.74, 6) is -0.271. The lowest BCUT2D eigenvalue weighted by Crippen LogP contribution is -2.47. The molecule has 0 amide bonds. The summed E-state index contributed by atoms with van der Waals surface area (Å²) < 4.78 is 5.21. The zero-order chi connectivity index (χ0) is 18.6. The predicted octanol–water partition coefficient (Wildman–Crippen LogP) is 3.77. The largest absolute Gasteiger partial charge is 0.461 e. The van der Waals surface area contributed by atoms with E-state index in [1.165, 1.54) is 0 Å². The van der Waals surface area contributed by atoms with Gasteiger partial charge in [0.05, 0.1) is 12.0 Å². The minimum atomic E-state index is -0.590. The number of allylic oxidation sites excluding steroid dienone is 2. The molecule has 1 heterocycles. The van der Waals surface area contributed by atoms with Crippen LogP contribution in [0.3, 0.4) is 0 Å². The van der Waals surface area contributed by atoms with E-state index in [1.54, 1.807) is 0 Å². The second-order valence-corrected chi connectivity index (χ2v) is 7.74. The van der Waals surface area contributed by atoms with Crippen LogP contribution in [0.25, 0.3) is 0 Å². The number of carbonyl (C=O) groups excluding carboxylic acids is 2. The fourth-order valence-corrected chi connectivity index (χ4v) is 3.53. The Hall–Kier alpha value is -1.16. The molecule has 0 aromatic rings. The number of esters is 1. The van der Waals surface area contributed by atoms with Gasteiger partial charge in [0.25, 0.3) is 0 Å². The topological polar surface area (TPSA) is 63.6 Å². The van der Waals surface area contributed by atoms with Gasteiger partial charge in [-0.25, -0.2) is 0 Å². The molecule has 0 radical (unpaired) electrons. The Bertz CT molecular complexity index is 482. The maximum atomic E-state index is 12.5. The number of carbonyl (C=O) groups is 2. The molecule has 0 aliphatic carbocycles. The molecule has 1 fully saturated rings. The van der Waals surface area contributed by atoms with Crippen molar-refractivity contribution in [3.8, 4) is 0 Å². The van der Waals surface area contributed by atoms with Gasteiger partial charge in [-0.3, -0.25) is 9.59 Å². The van der Waals surface area contributed by atoms with Crippen molar-refractivity contribution in [2.75, 3.05) is 0 Å². The zero-order valence-corrected chi connectivity index (χ0v) is 16.2. The third-order valence-corrected chi connectivity index (χ3v) is 5.49. The Balaban J connectivity index is 2.60. The highest BCUT2D eigenvalue weighted by molar-refractivity contribution is 5.85. The summed E-state index contributed by atoms with van der Waals surface area (Å²) in [4.78, 5) is 23.8. The summed E-state index contributed by atoms with van der Waals surface area (Å²) in [5.41, 5.74) is 1.13. The predicted molar refractivity (Wildman–Crippen MR) is 95.4 cm³/mol. The van der Waals surface area contributed by atoms with Crippen LogP contribution in [0.2, 0.25) is 0 Å². The molecular formula is C20H34O4. The van der Waals surface area contributed by atoms with Crippen LogP contribution in [0.1, 0.15) is 61.3 Å². The summed E-state index contributed by atoms with van der Waals surface area (Å²) >= 11 is 0. The highest BCUT2D eigenvalue weighted by Gasteiger charge is 2.41. The van der Waals surface area contributed by atoms with Gasteiger partial charge in [-0.2, -0.15) is 0 Å². The first-order valence-corrected chi connectivity index (χ1v) is 9.19. The molecule has 24 heavy (non-hydrogen) atoms. The van der Waals surface area contributed by atoms with E-state index in [-0.39, 0.29) is 47.4 Å². The summed E-state index contributed by atoms with van der Waals surface area (Å²) in [5, 5.41) is 10.3. The molecule has 1 aliphatic rings. The van der Waals surface area contributed by atoms with E-state index in [4.69, 9.17) is 4.74 Å². The number of ketones is 1. The number of aliphatic hydroxyl groups is 1. The van der Waals surface area contributed by atoms with Gasteiger partial charge in [0.15, 0.2) is 0 Å². The number of rotatable bonds is 9. The molecule has 4 heteroatoms. The zero-order valence-electron chi connectivity index (χ0n) is 16.2. The van der Waals surface area contributed by atoms with Crippen molar-refractivity contribution in [3.63, 3.8) is 0 Å². The number of aliphatic hydroxyl groups excluding tert-OH is 1. The van der Waals surface area contributed by atoms with Gasteiger partial charge in [-0.05, 0) is 32.1 Å². The quantitative estimate of drug-likeness (QED) is 0.513. The van der Waals surface area contributed by atoms with Crippen LogP contribution >= 0.6 is 0 Å². The highest BCUT2D eigenvalue weighted by atomic mass is 16.6. The molecule has 1 rings (SSSR count). The normalized spacial score (nSPS) is 27.5. The Morgan fingerprint density at radius 3 is 2.33 bits per heavy atom. The molecule has 138 valence electrons. The maximum absolute atomic E-state index is 12.5. The summed E-state index contributed by atoms with van der Waals surface area (Å²) in [6, 6.07) is 0. The van der Waals surface area contributed by atoms with Gasteiger partial charge in [-0.1, -0.05) is 52.7 Å². The number of hydrogen-bond acceptors (Lipinski definition) is 4. The monoisotopic (exact) mass is 338 g/mol. The number of cyclic esters (lactones) is 1. The van der Waals surface area contributed by atoms with Crippen LogP contribution in [0.5, 0.6) is 0 Å². The minimum absolute atomic E-state index is 0.0157. The average Bonchev–Trinajstić information content (AvgIpc) is 2.55. The standard InChI is InChI=1S/C20H34O4/c1-8-12(3)17(21)15(6)18(22)13(4)9-11(2)10-14(5)19-16(7)20(23)24-19/h9,12-17,19,21H,8,10H2,1-7H3/b11-9+/t12-,13+,14-,15-,16-,17+,19-/m1/s1. The van der Waals surface area contributed by atoms with Crippen LogP contribution in [-0.4, -0.2) is 29.1 Å². The summed E-state index contributed by atoms with van der Waals surface area (Å²) in [6.07, 6.45) is 3.05. The van der Waals surface area contributed by atoms with Crippen molar-refractivity contribution < 1.29 is 19.4 Å². The molecular weight excluding hydrogens is 304 g/mol. The van der Waals surface area contributed by atoms with E-state index in [9.17, 15) is 14.7 Å². The van der Waals surface area contributed by atoms with E-state index >= 15 is 0 Å². The number of hydrogen-bond donors (Lipinski definition) is 1. The first-order chi connectivity index (χ1) is 11.1. The van der Waals surface area contributed by atoms with E-state index in [2.05, 4.69) is 6.92 Å². The molecule has 1 aliphatic heterocycles. The van der Waals surface area contributed by atoms with E-state index in [1.807, 2.05) is 47.6 Å². The second kappa shape index (κ2) is 8.80. The van der Waals surface area contributed by atoms with Gasteiger partial charge in [0.2, 0.25) is 0 Å². The smallest absolute Gasteiger partial charge is 0.312 e. The third kappa shape index (κ3) is 4.92. The van der Waals surface area contributed by atoms with Crippen molar-refractivity contribution in [2.24, 2.45) is 29.6 Å². The lowest BCUT2D eigenvalue weighted by atomic mass is 9.82. The van der Waals surface area contributed by atoms with Gasteiger partial charge in [0.1, 0.15) is 11.9 Å². The molecule has 7 atom stereocenters. The minimum Gasteiger partial charge on any atom is -0.461 e. The molecule has 0 saturated carbocycles. The third-order valence-electron chi connectivity index (χ3n) is 5.49. The highest BCUT2D eigenvalue weighted by Crippen LogP contribution is 2.32. The van der Waals surface area contributed by atoms with Gasteiger partial charge >= 0.3 is 5.97 Å². The molecule has 4 nitrogen and oxygen atoms in total. The lowest BCUT2D eigenvalue weighted by molar-refractivity contribution is -0.188. The Kier molecular flexibility index (Phi) is 7.65. The fourth-order valence-electron chi connectivity index (χ4n) is 3.53.